The van der Waals surface area contributed by atoms with E-state index in [9.17, 15) is 13.2 Å². The van der Waals surface area contributed by atoms with E-state index in [-0.39, 0.29) is 24.4 Å². The van der Waals surface area contributed by atoms with Crippen molar-refractivity contribution in [2.75, 3.05) is 25.9 Å². The van der Waals surface area contributed by atoms with E-state index in [1.807, 2.05) is 12.1 Å². The first kappa shape index (κ1) is 19.7. The summed E-state index contributed by atoms with van der Waals surface area (Å²) in [5.74, 6) is -0.335. The molecule has 0 atom stereocenters. The number of carbonyl (C=O) groups is 1. The minimum atomic E-state index is -3.81. The van der Waals surface area contributed by atoms with Gasteiger partial charge in [-0.25, -0.2) is 8.42 Å². The molecular weight excluding hydrogens is 356 g/mol. The van der Waals surface area contributed by atoms with E-state index in [1.54, 1.807) is 19.2 Å². The van der Waals surface area contributed by atoms with Gasteiger partial charge in [0.1, 0.15) is 5.75 Å². The highest BCUT2D eigenvalue weighted by Crippen LogP contribution is 2.19. The summed E-state index contributed by atoms with van der Waals surface area (Å²) >= 11 is 0. The number of benzene rings is 2. The molecule has 0 saturated heterocycles. The zero-order valence-corrected chi connectivity index (χ0v) is 15.3. The van der Waals surface area contributed by atoms with Crippen LogP contribution in [0.15, 0.2) is 53.4 Å². The van der Waals surface area contributed by atoms with Crippen LogP contribution in [0.2, 0.25) is 0 Å². The Bertz CT molecular complexity index is 833. The van der Waals surface area contributed by atoms with E-state index in [0.717, 1.165) is 5.56 Å². The van der Waals surface area contributed by atoms with Gasteiger partial charge in [0.25, 0.3) is 0 Å². The number of carboxylic acid groups (broad SMARTS) is 1. The van der Waals surface area contributed by atoms with Crippen LogP contribution in [-0.4, -0.2) is 44.0 Å². The third-order valence-electron chi connectivity index (χ3n) is 3.90. The van der Waals surface area contributed by atoms with Gasteiger partial charge in [-0.2, -0.15) is 4.31 Å². The smallest absolute Gasteiger partial charge is 0.304 e. The van der Waals surface area contributed by atoms with Gasteiger partial charge in [-0.15, -0.1) is 0 Å². The predicted molar refractivity (Wildman–Crippen MR) is 98.6 cm³/mol. The molecule has 0 aliphatic heterocycles. The monoisotopic (exact) mass is 378 g/mol. The highest BCUT2D eigenvalue weighted by atomic mass is 32.2. The van der Waals surface area contributed by atoms with E-state index < -0.39 is 16.0 Å². The maximum Gasteiger partial charge on any atom is 0.304 e. The van der Waals surface area contributed by atoms with Gasteiger partial charge >= 0.3 is 5.97 Å². The van der Waals surface area contributed by atoms with E-state index in [2.05, 4.69) is 0 Å². The van der Waals surface area contributed by atoms with Crippen molar-refractivity contribution in [2.45, 2.75) is 17.7 Å². The van der Waals surface area contributed by atoms with E-state index in [1.165, 1.54) is 28.6 Å². The Hall–Kier alpha value is -2.58. The number of nitrogen functional groups attached to an aromatic ring is 1. The highest BCUT2D eigenvalue weighted by Gasteiger charge is 2.24. The van der Waals surface area contributed by atoms with Crippen molar-refractivity contribution >= 4 is 21.7 Å². The predicted octanol–water partition coefficient (Wildman–Crippen LogP) is 1.99. The molecule has 0 bridgehead atoms. The van der Waals surface area contributed by atoms with Crippen molar-refractivity contribution < 1.29 is 23.1 Å². The first-order valence-corrected chi connectivity index (χ1v) is 9.47. The standard InChI is InChI=1S/C18H22N2O5S/c1-25-16-6-2-14(3-7-16)10-12-20(13-11-18(21)22)26(23,24)17-8-4-15(19)5-9-17/h2-9H,10-13,19H2,1H3,(H,21,22). The molecular formula is C18H22N2O5S. The molecule has 0 radical (unpaired) electrons. The molecule has 8 heteroatoms. The molecule has 2 rings (SSSR count). The van der Waals surface area contributed by atoms with Crippen LogP contribution in [0.3, 0.4) is 0 Å². The number of rotatable bonds is 9. The number of methoxy groups -OCH3 is 1. The van der Waals surface area contributed by atoms with E-state index in [0.29, 0.717) is 17.9 Å². The number of nitrogens with two attached hydrogens (primary N) is 1. The average molecular weight is 378 g/mol. The van der Waals surface area contributed by atoms with Crippen molar-refractivity contribution in [3.8, 4) is 5.75 Å². The molecule has 0 amide bonds. The molecule has 0 unspecified atom stereocenters. The van der Waals surface area contributed by atoms with Gasteiger partial charge in [0, 0.05) is 18.8 Å². The van der Waals surface area contributed by atoms with Crippen molar-refractivity contribution in [3.63, 3.8) is 0 Å². The van der Waals surface area contributed by atoms with Crippen LogP contribution in [-0.2, 0) is 21.2 Å². The zero-order valence-electron chi connectivity index (χ0n) is 14.5. The maximum atomic E-state index is 12.9. The third-order valence-corrected chi connectivity index (χ3v) is 5.81. The number of hydrogen-bond acceptors (Lipinski definition) is 5. The number of aliphatic carboxylic acids is 1. The molecule has 26 heavy (non-hydrogen) atoms. The van der Waals surface area contributed by atoms with Gasteiger partial charge in [-0.3, -0.25) is 4.79 Å². The second-order valence-electron chi connectivity index (χ2n) is 5.71. The summed E-state index contributed by atoms with van der Waals surface area (Å²) in [5, 5.41) is 8.93. The Morgan fingerprint density at radius 3 is 2.23 bits per heavy atom. The second-order valence-corrected chi connectivity index (χ2v) is 7.65. The van der Waals surface area contributed by atoms with Crippen LogP contribution in [0.1, 0.15) is 12.0 Å². The Labute approximate surface area is 153 Å². The lowest BCUT2D eigenvalue weighted by molar-refractivity contribution is -0.137. The van der Waals surface area contributed by atoms with Gasteiger partial charge in [-0.1, -0.05) is 12.1 Å². The zero-order chi connectivity index (χ0) is 19.2. The summed E-state index contributed by atoms with van der Waals surface area (Å²) in [6.07, 6.45) is 0.189. The molecule has 0 aromatic heterocycles. The lowest BCUT2D eigenvalue weighted by Gasteiger charge is -2.21. The van der Waals surface area contributed by atoms with Crippen LogP contribution in [0, 0.1) is 0 Å². The molecule has 2 aromatic rings. The van der Waals surface area contributed by atoms with Crippen LogP contribution in [0.25, 0.3) is 0 Å². The van der Waals surface area contributed by atoms with E-state index in [4.69, 9.17) is 15.6 Å². The molecule has 2 aromatic carbocycles. The number of ether oxygens (including phenoxy) is 1. The summed E-state index contributed by atoms with van der Waals surface area (Å²) in [4.78, 5) is 11.0. The second kappa shape index (κ2) is 8.68. The fraction of sp³-hybridized carbons (Fsp3) is 0.278. The maximum absolute atomic E-state index is 12.9. The van der Waals surface area contributed by atoms with Crippen molar-refractivity contribution in [2.24, 2.45) is 0 Å². The quantitative estimate of drug-likeness (QED) is 0.646. The van der Waals surface area contributed by atoms with Gasteiger partial charge in [-0.05, 0) is 48.4 Å². The number of anilines is 1. The molecule has 0 fully saturated rings. The molecule has 0 aliphatic carbocycles. The number of sulfonamides is 1. The van der Waals surface area contributed by atoms with Gasteiger partial charge < -0.3 is 15.6 Å². The normalized spacial score (nSPS) is 11.5. The number of nitrogens with zero attached hydrogens (tertiary/aromatic N) is 1. The van der Waals surface area contributed by atoms with Crippen LogP contribution in [0.4, 0.5) is 5.69 Å². The summed E-state index contributed by atoms with van der Waals surface area (Å²) in [6, 6.07) is 13.2. The number of carboxylic acids is 1. The minimum Gasteiger partial charge on any atom is -0.497 e. The summed E-state index contributed by atoms with van der Waals surface area (Å²) < 4.78 is 32.0. The van der Waals surface area contributed by atoms with Crippen molar-refractivity contribution in [1.29, 1.82) is 0 Å². The molecule has 0 aliphatic rings. The first-order valence-electron chi connectivity index (χ1n) is 8.03. The summed E-state index contributed by atoms with van der Waals surface area (Å²) in [6.45, 7) is 0.0739. The fourth-order valence-corrected chi connectivity index (χ4v) is 3.85. The van der Waals surface area contributed by atoms with Crippen molar-refractivity contribution in [3.05, 3.63) is 54.1 Å². The van der Waals surface area contributed by atoms with Gasteiger partial charge in [0.15, 0.2) is 0 Å². The highest BCUT2D eigenvalue weighted by molar-refractivity contribution is 7.89. The SMILES string of the molecule is COc1ccc(CCN(CCC(=O)O)S(=O)(=O)c2ccc(N)cc2)cc1. The van der Waals surface area contributed by atoms with Crippen LogP contribution in [0.5, 0.6) is 5.75 Å². The molecule has 0 saturated carbocycles. The van der Waals surface area contributed by atoms with Gasteiger partial charge in [0.05, 0.1) is 18.4 Å². The van der Waals surface area contributed by atoms with Crippen molar-refractivity contribution in [1.82, 2.24) is 4.31 Å². The minimum absolute atomic E-state index is 0.0896. The topological polar surface area (TPSA) is 110 Å². The Morgan fingerprint density at radius 2 is 1.69 bits per heavy atom. The number of hydrogen-bond donors (Lipinski definition) is 2. The molecule has 140 valence electrons. The first-order chi connectivity index (χ1) is 12.3. The molecule has 7 nitrogen and oxygen atoms in total. The molecule has 0 spiro atoms. The Morgan fingerprint density at radius 1 is 1.08 bits per heavy atom. The fourth-order valence-electron chi connectivity index (χ4n) is 2.41. The van der Waals surface area contributed by atoms with E-state index >= 15 is 0 Å². The van der Waals surface area contributed by atoms with Crippen LogP contribution < -0.4 is 10.5 Å². The van der Waals surface area contributed by atoms with Gasteiger partial charge in [0.2, 0.25) is 10.0 Å². The average Bonchev–Trinajstić information content (AvgIpc) is 2.62. The lowest BCUT2D eigenvalue weighted by atomic mass is 10.1. The summed E-state index contributed by atoms with van der Waals surface area (Å²) in [7, 11) is -2.24. The largest absolute Gasteiger partial charge is 0.497 e. The molecule has 0 heterocycles. The third kappa shape index (κ3) is 5.21. The summed E-state index contributed by atoms with van der Waals surface area (Å²) in [5.41, 5.74) is 6.99. The Balaban J connectivity index is 2.18. The van der Waals surface area contributed by atoms with Crippen LogP contribution >= 0.6 is 0 Å². The lowest BCUT2D eigenvalue weighted by Crippen LogP contribution is -2.34. The molecule has 3 N–H and O–H groups in total. The Kier molecular flexibility index (Phi) is 6.59.